The van der Waals surface area contributed by atoms with Crippen LogP contribution in [0.4, 0.5) is 0 Å². The van der Waals surface area contributed by atoms with E-state index < -0.39 is 11.9 Å². The molecule has 0 saturated heterocycles. The topological polar surface area (TPSA) is 132 Å². The molecule has 2 aliphatic heterocycles. The van der Waals surface area contributed by atoms with Crippen molar-refractivity contribution in [3.8, 4) is 0 Å². The first-order valence-corrected chi connectivity index (χ1v) is 13.9. The van der Waals surface area contributed by atoms with Gasteiger partial charge < -0.3 is 20.2 Å². The van der Waals surface area contributed by atoms with Crippen LogP contribution in [0.25, 0.3) is 50.4 Å². The Bertz CT molecular complexity index is 1920. The molecule has 0 unspecified atom stereocenters. The Labute approximate surface area is 267 Å². The van der Waals surface area contributed by atoms with Crippen LogP contribution < -0.4 is 0 Å². The van der Waals surface area contributed by atoms with E-state index in [2.05, 4.69) is 23.1 Å². The molecule has 2 radical (unpaired) electrons. The van der Waals surface area contributed by atoms with Gasteiger partial charge >= 0.3 is 35.8 Å². The summed E-state index contributed by atoms with van der Waals surface area (Å²) in [6, 6.07) is 7.88. The normalized spacial score (nSPS) is 12.7. The summed E-state index contributed by atoms with van der Waals surface area (Å²) in [6.45, 7) is 16.0. The molecule has 8 nitrogen and oxygen atoms in total. The minimum absolute atomic E-state index is 0. The number of aromatic nitrogens is 4. The predicted molar refractivity (Wildman–Crippen MR) is 177 cm³/mol. The number of allylic oxidation sites excluding steroid dienone is 5. The SMILES string of the molecule is C=CC1=C(C)c2cc3[nH]c(cc4nc(cc5[nH]c(cc1n2)c(C)c5CCC(=O)O)C(CCC(=O)O)=C4C)c(C)c3C=C.[SnH2]. The number of fused-ring (bicyclic) bond motifs is 8. The van der Waals surface area contributed by atoms with E-state index in [4.69, 9.17) is 9.97 Å². The monoisotopic (exact) mass is 684 g/mol. The third kappa shape index (κ3) is 6.01. The van der Waals surface area contributed by atoms with E-state index in [0.29, 0.717) is 18.5 Å². The molecule has 5 rings (SSSR count). The van der Waals surface area contributed by atoms with Gasteiger partial charge in [-0.3, -0.25) is 9.59 Å². The van der Waals surface area contributed by atoms with Crippen molar-refractivity contribution in [1.82, 2.24) is 19.9 Å². The van der Waals surface area contributed by atoms with Gasteiger partial charge in [-0.2, -0.15) is 0 Å². The second-order valence-electron chi connectivity index (χ2n) is 10.7. The number of nitrogens with one attached hydrogen (secondary N) is 2. The molecule has 8 bridgehead atoms. The van der Waals surface area contributed by atoms with Crippen LogP contribution >= 0.6 is 0 Å². The Morgan fingerprint density at radius 2 is 1.26 bits per heavy atom. The van der Waals surface area contributed by atoms with E-state index in [1.165, 1.54) is 0 Å². The number of carbonyl (C=O) groups is 2. The first-order valence-electron chi connectivity index (χ1n) is 13.9. The Morgan fingerprint density at radius 3 is 1.91 bits per heavy atom. The van der Waals surface area contributed by atoms with Crippen molar-refractivity contribution >= 4 is 86.3 Å². The molecule has 3 aromatic rings. The molecule has 4 N–H and O–H groups in total. The Hall–Kier alpha value is -4.18. The van der Waals surface area contributed by atoms with Gasteiger partial charge in [0.15, 0.2) is 0 Å². The first-order chi connectivity index (χ1) is 20.0. The fourth-order valence-electron chi connectivity index (χ4n) is 5.77. The summed E-state index contributed by atoms with van der Waals surface area (Å²) in [5.74, 6) is -1.76. The summed E-state index contributed by atoms with van der Waals surface area (Å²) in [5, 5.41) is 18.9. The van der Waals surface area contributed by atoms with Gasteiger partial charge in [0.2, 0.25) is 0 Å². The molecular weight excluding hydrogens is 647 g/mol. The predicted octanol–water partition coefficient (Wildman–Crippen LogP) is 6.59. The molecule has 3 aromatic heterocycles. The van der Waals surface area contributed by atoms with Gasteiger partial charge in [-0.25, -0.2) is 9.97 Å². The molecular formula is C34H36N4O4Sn. The van der Waals surface area contributed by atoms with E-state index in [1.54, 1.807) is 6.08 Å². The fourth-order valence-corrected chi connectivity index (χ4v) is 5.77. The number of aromatic amines is 2. The first kappa shape index (κ1) is 31.7. The summed E-state index contributed by atoms with van der Waals surface area (Å²) >= 11 is 0. The number of H-pyrrole nitrogens is 2. The second-order valence-corrected chi connectivity index (χ2v) is 10.7. The van der Waals surface area contributed by atoms with Crippen LogP contribution in [-0.2, 0) is 16.0 Å². The van der Waals surface area contributed by atoms with Crippen molar-refractivity contribution < 1.29 is 19.8 Å². The fraction of sp³-hybridized carbons (Fsp3) is 0.235. The maximum atomic E-state index is 11.5. The maximum absolute atomic E-state index is 11.5. The van der Waals surface area contributed by atoms with E-state index in [1.807, 2.05) is 58.0 Å². The summed E-state index contributed by atoms with van der Waals surface area (Å²) in [4.78, 5) is 40.0. The molecule has 0 fully saturated rings. The number of hydrogen-bond acceptors (Lipinski definition) is 4. The number of carboxylic acid groups (broad SMARTS) is 2. The van der Waals surface area contributed by atoms with Crippen LogP contribution in [0.1, 0.15) is 78.1 Å². The van der Waals surface area contributed by atoms with Crippen LogP contribution in [0.15, 0.2) is 43.5 Å². The van der Waals surface area contributed by atoms with Crippen molar-refractivity contribution in [3.05, 3.63) is 88.5 Å². The van der Waals surface area contributed by atoms with Gasteiger partial charge in [-0.05, 0) is 98.2 Å². The van der Waals surface area contributed by atoms with Gasteiger partial charge in [0.05, 0.1) is 22.8 Å². The van der Waals surface area contributed by atoms with Crippen LogP contribution in [-0.4, -0.2) is 66.0 Å². The van der Waals surface area contributed by atoms with E-state index in [9.17, 15) is 19.8 Å². The zero-order valence-corrected chi connectivity index (χ0v) is 29.1. The Morgan fingerprint density at radius 1 is 0.721 bits per heavy atom. The number of aryl methyl sites for hydroxylation is 3. The van der Waals surface area contributed by atoms with Crippen LogP contribution in [0.5, 0.6) is 0 Å². The van der Waals surface area contributed by atoms with Crippen molar-refractivity contribution in [3.63, 3.8) is 0 Å². The Balaban J connectivity index is 0.00000423. The zero-order chi connectivity index (χ0) is 30.3. The number of hydrogen-bond donors (Lipinski definition) is 4. The average Bonchev–Trinajstić information content (AvgIpc) is 3.59. The van der Waals surface area contributed by atoms with Gasteiger partial charge in [0.1, 0.15) is 0 Å². The van der Waals surface area contributed by atoms with E-state index >= 15 is 0 Å². The van der Waals surface area contributed by atoms with E-state index in [-0.39, 0.29) is 36.7 Å². The second kappa shape index (κ2) is 12.6. The summed E-state index contributed by atoms with van der Waals surface area (Å²) < 4.78 is 0. The third-order valence-corrected chi connectivity index (χ3v) is 8.22. The van der Waals surface area contributed by atoms with Crippen molar-refractivity contribution in [2.45, 2.75) is 53.4 Å². The van der Waals surface area contributed by atoms with Crippen LogP contribution in [0, 0.1) is 13.8 Å². The molecule has 0 saturated carbocycles. The van der Waals surface area contributed by atoms with Crippen LogP contribution in [0.3, 0.4) is 0 Å². The molecule has 220 valence electrons. The molecule has 9 heteroatoms. The standard InChI is InChI=1S/C34H34N4O4.Sn.2H/c1-7-21-17(3)25-13-26-19(5)23(9-11-33(39)40)31(37-26)16-32-24(10-12-34(41)42)20(6)28(38-32)15-30-22(8-2)18(4)27(36-30)14-29(21)35-25;;;/h7-8,13-16,35,38H,1-2,9-12H2,3-6H3,(H,39,40)(H,41,42);;;. The summed E-state index contributed by atoms with van der Waals surface area (Å²) in [6.07, 6.45) is 4.22. The van der Waals surface area contributed by atoms with Gasteiger partial charge in [0.25, 0.3) is 0 Å². The molecule has 0 spiro atoms. The van der Waals surface area contributed by atoms with E-state index in [0.717, 1.165) is 83.7 Å². The third-order valence-electron chi connectivity index (χ3n) is 8.22. The molecule has 0 aromatic carbocycles. The molecule has 0 atom stereocenters. The van der Waals surface area contributed by atoms with Crippen LogP contribution in [0.2, 0.25) is 0 Å². The zero-order valence-electron chi connectivity index (χ0n) is 25.0. The number of rotatable bonds is 8. The van der Waals surface area contributed by atoms with Gasteiger partial charge in [0, 0.05) is 46.0 Å². The number of carboxylic acids is 2. The molecule has 0 amide bonds. The van der Waals surface area contributed by atoms with Crippen molar-refractivity contribution in [2.24, 2.45) is 0 Å². The average molecular weight is 683 g/mol. The molecule has 43 heavy (non-hydrogen) atoms. The van der Waals surface area contributed by atoms with Crippen molar-refractivity contribution in [1.29, 1.82) is 0 Å². The number of aliphatic carboxylic acids is 2. The summed E-state index contributed by atoms with van der Waals surface area (Å²) in [5.41, 5.74) is 13.7. The molecule has 2 aliphatic rings. The number of nitrogens with zero attached hydrogens (tertiary/aromatic N) is 2. The van der Waals surface area contributed by atoms with Gasteiger partial charge in [-0.1, -0.05) is 25.3 Å². The summed E-state index contributed by atoms with van der Waals surface area (Å²) in [7, 11) is 0. The Kier molecular flexibility index (Phi) is 9.29. The molecule has 5 heterocycles. The molecule has 0 aliphatic carbocycles. The quantitative estimate of drug-likeness (QED) is 0.198. The van der Waals surface area contributed by atoms with Crippen molar-refractivity contribution in [2.75, 3.05) is 0 Å². The van der Waals surface area contributed by atoms with Gasteiger partial charge in [-0.15, -0.1) is 0 Å². The minimum atomic E-state index is -0.883.